The van der Waals surface area contributed by atoms with Gasteiger partial charge in [0.15, 0.2) is 6.29 Å². The third kappa shape index (κ3) is 4.98. The molecule has 1 saturated heterocycles. The second-order valence-electron chi connectivity index (χ2n) is 8.49. The Bertz CT molecular complexity index is 1050. The van der Waals surface area contributed by atoms with E-state index in [-0.39, 0.29) is 5.92 Å². The number of benzene rings is 1. The molecule has 0 amide bonds. The van der Waals surface area contributed by atoms with E-state index >= 15 is 0 Å². The Kier molecular flexibility index (Phi) is 7.46. The summed E-state index contributed by atoms with van der Waals surface area (Å²) in [7, 11) is 0. The summed E-state index contributed by atoms with van der Waals surface area (Å²) in [4.78, 5) is 0. The summed E-state index contributed by atoms with van der Waals surface area (Å²) in [6.45, 7) is 1.83. The van der Waals surface area contributed by atoms with Crippen LogP contribution < -0.4 is 0 Å². The number of fused-ring (bicyclic) bond motifs is 1. The van der Waals surface area contributed by atoms with Crippen LogP contribution in [0.3, 0.4) is 0 Å². The van der Waals surface area contributed by atoms with Crippen LogP contribution in [-0.4, -0.2) is 85.8 Å². The monoisotopic (exact) mass is 458 g/mol. The quantitative estimate of drug-likeness (QED) is 0.277. The van der Waals surface area contributed by atoms with Gasteiger partial charge in [-0.1, -0.05) is 17.9 Å². The molecule has 4 rings (SSSR count). The second-order valence-corrected chi connectivity index (χ2v) is 8.49. The summed E-state index contributed by atoms with van der Waals surface area (Å²) in [6.07, 6.45) is -1.00. The summed E-state index contributed by atoms with van der Waals surface area (Å²) >= 11 is 0. The van der Waals surface area contributed by atoms with E-state index in [1.54, 1.807) is 6.20 Å². The molecule has 1 aliphatic carbocycles. The second kappa shape index (κ2) is 10.3. The largest absolute Gasteiger partial charge is 0.394 e. The van der Waals surface area contributed by atoms with Crippen LogP contribution in [0.4, 0.5) is 0 Å². The first-order chi connectivity index (χ1) is 15.9. The molecule has 0 spiro atoms. The number of aliphatic hydroxyl groups is 5. The van der Waals surface area contributed by atoms with Crippen molar-refractivity contribution in [3.8, 4) is 11.8 Å². The Morgan fingerprint density at radius 3 is 2.76 bits per heavy atom. The van der Waals surface area contributed by atoms with Crippen LogP contribution in [0.25, 0.3) is 16.5 Å². The van der Waals surface area contributed by atoms with Gasteiger partial charge in [0.2, 0.25) is 0 Å². The molecule has 0 radical (unpaired) electrons. The number of aromatic amines is 1. The molecule has 9 heteroatoms. The van der Waals surface area contributed by atoms with Crippen molar-refractivity contribution in [1.82, 2.24) is 10.2 Å². The number of rotatable bonds is 5. The fraction of sp³-hybridized carbons (Fsp3) is 0.542. The van der Waals surface area contributed by atoms with Gasteiger partial charge in [0.05, 0.1) is 23.9 Å². The number of hydrogen-bond acceptors (Lipinski definition) is 8. The number of aromatic nitrogens is 2. The molecule has 0 bridgehead atoms. The predicted molar refractivity (Wildman–Crippen MR) is 120 cm³/mol. The highest BCUT2D eigenvalue weighted by Gasteiger charge is 2.42. The maximum absolute atomic E-state index is 10.3. The zero-order valence-electron chi connectivity index (χ0n) is 18.4. The topological polar surface area (TPSA) is 148 Å². The lowest BCUT2D eigenvalue weighted by atomic mass is 9.85. The van der Waals surface area contributed by atoms with Crippen molar-refractivity contribution in [2.75, 3.05) is 13.2 Å². The molecule has 2 aromatic rings. The average Bonchev–Trinajstić information content (AvgIpc) is 3.31. The minimum atomic E-state index is -1.47. The zero-order valence-corrected chi connectivity index (χ0v) is 18.4. The average molecular weight is 459 g/mol. The lowest BCUT2D eigenvalue weighted by Crippen LogP contribution is -2.58. The van der Waals surface area contributed by atoms with Gasteiger partial charge in [0, 0.05) is 17.9 Å². The highest BCUT2D eigenvalue weighted by Crippen LogP contribution is 2.34. The smallest absolute Gasteiger partial charge is 0.157 e. The van der Waals surface area contributed by atoms with E-state index in [1.165, 1.54) is 0 Å². The third-order valence-electron chi connectivity index (χ3n) is 6.35. The molecule has 6 N–H and O–H groups in total. The molecule has 178 valence electrons. The molecule has 2 unspecified atom stereocenters. The van der Waals surface area contributed by atoms with Gasteiger partial charge < -0.3 is 35.0 Å². The summed E-state index contributed by atoms with van der Waals surface area (Å²) < 4.78 is 10.8. The van der Waals surface area contributed by atoms with Gasteiger partial charge in [-0.3, -0.25) is 5.10 Å². The van der Waals surface area contributed by atoms with Crippen LogP contribution in [0.1, 0.15) is 37.3 Å². The fourth-order valence-electron chi connectivity index (χ4n) is 4.39. The van der Waals surface area contributed by atoms with Crippen molar-refractivity contribution in [2.24, 2.45) is 5.92 Å². The van der Waals surface area contributed by atoms with E-state index in [2.05, 4.69) is 28.1 Å². The third-order valence-corrected chi connectivity index (χ3v) is 6.35. The zero-order chi connectivity index (χ0) is 23.5. The van der Waals surface area contributed by atoms with Crippen LogP contribution in [0.15, 0.2) is 24.4 Å². The van der Waals surface area contributed by atoms with Gasteiger partial charge in [-0.2, -0.15) is 5.10 Å². The minimum absolute atomic E-state index is 0.0665. The lowest BCUT2D eigenvalue weighted by Gasteiger charge is -2.37. The Morgan fingerprint density at radius 2 is 2.06 bits per heavy atom. The van der Waals surface area contributed by atoms with Crippen molar-refractivity contribution in [3.05, 3.63) is 35.5 Å². The Labute approximate surface area is 191 Å². The molecule has 7 atom stereocenters. The van der Waals surface area contributed by atoms with E-state index in [4.69, 9.17) is 9.47 Å². The van der Waals surface area contributed by atoms with Crippen molar-refractivity contribution < 1.29 is 35.0 Å². The van der Waals surface area contributed by atoms with Crippen LogP contribution in [-0.2, 0) is 9.47 Å². The molecule has 1 aromatic carbocycles. The molecule has 1 aliphatic heterocycles. The highest BCUT2D eigenvalue weighted by molar-refractivity contribution is 5.88. The molecular formula is C24H30N2O7. The molecule has 0 saturated carbocycles. The number of nitrogens with one attached hydrogen (secondary N) is 1. The number of ether oxygens (including phenoxy) is 2. The van der Waals surface area contributed by atoms with E-state index in [9.17, 15) is 25.5 Å². The van der Waals surface area contributed by atoms with E-state index in [0.29, 0.717) is 18.6 Å². The van der Waals surface area contributed by atoms with Crippen molar-refractivity contribution in [1.29, 1.82) is 0 Å². The predicted octanol–water partition coefficient (Wildman–Crippen LogP) is 0.295. The number of allylic oxidation sites excluding steroid dienone is 2. The minimum Gasteiger partial charge on any atom is -0.394 e. The number of nitrogens with zero attached hydrogens (tertiary/aromatic N) is 1. The van der Waals surface area contributed by atoms with Gasteiger partial charge in [-0.25, -0.2) is 0 Å². The first-order valence-corrected chi connectivity index (χ1v) is 11.2. The van der Waals surface area contributed by atoms with Gasteiger partial charge in [-0.15, -0.1) is 0 Å². The first-order valence-electron chi connectivity index (χ1n) is 11.2. The van der Waals surface area contributed by atoms with E-state index < -0.39 is 43.4 Å². The van der Waals surface area contributed by atoms with Crippen molar-refractivity contribution >= 4 is 16.5 Å². The number of aliphatic hydroxyl groups excluding tert-OH is 5. The highest BCUT2D eigenvalue weighted by atomic mass is 16.6. The van der Waals surface area contributed by atoms with Gasteiger partial charge in [0.25, 0.3) is 0 Å². The first kappa shape index (κ1) is 23.9. The van der Waals surface area contributed by atoms with E-state index in [0.717, 1.165) is 34.9 Å². The maximum Gasteiger partial charge on any atom is 0.157 e. The van der Waals surface area contributed by atoms with Gasteiger partial charge >= 0.3 is 0 Å². The van der Waals surface area contributed by atoms with Crippen LogP contribution in [0.2, 0.25) is 0 Å². The molecule has 33 heavy (non-hydrogen) atoms. The fourth-order valence-corrected chi connectivity index (χ4v) is 4.39. The molecule has 2 aliphatic rings. The Balaban J connectivity index is 1.60. The van der Waals surface area contributed by atoms with Crippen LogP contribution in [0, 0.1) is 17.8 Å². The lowest BCUT2D eigenvalue weighted by molar-refractivity contribution is -0.214. The summed E-state index contributed by atoms with van der Waals surface area (Å²) in [5.74, 6) is 5.91. The van der Waals surface area contributed by atoms with Crippen molar-refractivity contribution in [2.45, 2.75) is 63.0 Å². The van der Waals surface area contributed by atoms with Crippen LogP contribution >= 0.6 is 0 Å². The SMILES string of the molecule is CCOC(O)C1CC=C(c2cc(C#C[C@H]3O[C@H](CO)[C@@H](O)[C@H](O)[C@@H]3O)c3[nH]ncc3c2)CC1. The van der Waals surface area contributed by atoms with Crippen molar-refractivity contribution in [3.63, 3.8) is 0 Å². The molecular weight excluding hydrogens is 428 g/mol. The number of H-pyrrole nitrogens is 1. The van der Waals surface area contributed by atoms with E-state index in [1.807, 2.05) is 19.1 Å². The summed E-state index contributed by atoms with van der Waals surface area (Å²) in [5.41, 5.74) is 3.52. The summed E-state index contributed by atoms with van der Waals surface area (Å²) in [5, 5.41) is 57.6. The Hall–Kier alpha value is -2.29. The summed E-state index contributed by atoms with van der Waals surface area (Å²) in [6, 6.07) is 3.96. The van der Waals surface area contributed by atoms with Crippen LogP contribution in [0.5, 0.6) is 0 Å². The van der Waals surface area contributed by atoms with Gasteiger partial charge in [0.1, 0.15) is 30.5 Å². The molecule has 1 aromatic heterocycles. The molecule has 1 fully saturated rings. The standard InChI is InChI=1S/C24H30N2O7/c1-2-32-24(31)14-5-3-13(4-6-14)16-9-15(20-17(10-16)11-25-26-20)7-8-18-21(28)23(30)22(29)19(12-27)33-18/h3,9-11,14,18-19,21-24,27-31H,2,4-6,12H2,1H3,(H,25,26)/t14?,18-,19-,21-,22-,23-,24?/m1/s1. The molecule has 2 heterocycles. The number of hydrogen-bond donors (Lipinski definition) is 6. The Morgan fingerprint density at radius 1 is 1.24 bits per heavy atom. The normalized spacial score (nSPS) is 31.0. The van der Waals surface area contributed by atoms with Gasteiger partial charge in [-0.05, 0) is 49.5 Å². The maximum atomic E-state index is 10.3. The molecule has 9 nitrogen and oxygen atoms in total.